The fourth-order valence-electron chi connectivity index (χ4n) is 2.47. The second-order valence-corrected chi connectivity index (χ2v) is 4.71. The molecular formula is C13H16Cl2FN3O. The average Bonchev–Trinajstić information content (AvgIpc) is 2.68. The fraction of sp³-hybridized carbons (Fsp3) is 0.385. The van der Waals surface area contributed by atoms with Gasteiger partial charge in [0.1, 0.15) is 17.2 Å². The summed E-state index contributed by atoms with van der Waals surface area (Å²) in [6, 6.07) is 6.13. The summed E-state index contributed by atoms with van der Waals surface area (Å²) in [5, 5.41) is 5.99. The standard InChI is InChI=1S/C13H14FN3O.2ClH/c14-10-3-1-2-9(8-10)11-16-12(18)13(17-11)4-6-15-7-5-13;;/h1-3,8,15H,4-7H2,(H,16,17,18);2*1H. The van der Waals surface area contributed by atoms with Crippen LogP contribution < -0.4 is 10.6 Å². The third kappa shape index (κ3) is 2.95. The molecule has 0 bridgehead atoms. The minimum absolute atomic E-state index is 0. The third-order valence-corrected chi connectivity index (χ3v) is 3.51. The minimum Gasteiger partial charge on any atom is -0.317 e. The summed E-state index contributed by atoms with van der Waals surface area (Å²) in [5.74, 6) is 0.0976. The quantitative estimate of drug-likeness (QED) is 0.827. The number of amidine groups is 1. The Kier molecular flexibility index (Phi) is 5.50. The van der Waals surface area contributed by atoms with Crippen LogP contribution in [0.2, 0.25) is 0 Å². The summed E-state index contributed by atoms with van der Waals surface area (Å²) < 4.78 is 13.2. The first-order chi connectivity index (χ1) is 8.70. The average molecular weight is 320 g/mol. The molecule has 0 radical (unpaired) electrons. The molecule has 1 spiro atoms. The lowest BCUT2D eigenvalue weighted by atomic mass is 9.89. The molecule has 2 aliphatic heterocycles. The van der Waals surface area contributed by atoms with Gasteiger partial charge in [-0.3, -0.25) is 9.79 Å². The van der Waals surface area contributed by atoms with Crippen LogP contribution in [0.3, 0.4) is 0 Å². The Morgan fingerprint density at radius 3 is 2.55 bits per heavy atom. The maximum absolute atomic E-state index is 13.2. The maximum Gasteiger partial charge on any atom is 0.253 e. The van der Waals surface area contributed by atoms with Gasteiger partial charge in [-0.2, -0.15) is 0 Å². The van der Waals surface area contributed by atoms with E-state index in [2.05, 4.69) is 15.6 Å². The minimum atomic E-state index is -0.646. The van der Waals surface area contributed by atoms with Gasteiger partial charge in [0.25, 0.3) is 5.91 Å². The van der Waals surface area contributed by atoms with Crippen LogP contribution in [0.5, 0.6) is 0 Å². The number of benzene rings is 1. The number of halogens is 3. The van der Waals surface area contributed by atoms with Gasteiger partial charge in [-0.05, 0) is 38.1 Å². The van der Waals surface area contributed by atoms with E-state index in [0.717, 1.165) is 13.1 Å². The largest absolute Gasteiger partial charge is 0.317 e. The summed E-state index contributed by atoms with van der Waals surface area (Å²) >= 11 is 0. The van der Waals surface area contributed by atoms with E-state index in [9.17, 15) is 9.18 Å². The molecule has 3 rings (SSSR count). The monoisotopic (exact) mass is 319 g/mol. The predicted molar refractivity (Wildman–Crippen MR) is 80.4 cm³/mol. The zero-order valence-electron chi connectivity index (χ0n) is 10.7. The molecule has 4 nitrogen and oxygen atoms in total. The highest BCUT2D eigenvalue weighted by Crippen LogP contribution is 2.28. The van der Waals surface area contributed by atoms with E-state index in [0.29, 0.717) is 24.2 Å². The number of aliphatic imine (C=N–C) groups is 1. The van der Waals surface area contributed by atoms with E-state index in [1.165, 1.54) is 12.1 Å². The van der Waals surface area contributed by atoms with Gasteiger partial charge >= 0.3 is 0 Å². The zero-order chi connectivity index (χ0) is 12.6. The van der Waals surface area contributed by atoms with Crippen LogP contribution in [0.15, 0.2) is 29.3 Å². The van der Waals surface area contributed by atoms with Crippen molar-refractivity contribution in [2.45, 2.75) is 18.4 Å². The van der Waals surface area contributed by atoms with Gasteiger partial charge < -0.3 is 10.6 Å². The number of nitrogens with zero attached hydrogens (tertiary/aromatic N) is 1. The molecule has 1 saturated heterocycles. The van der Waals surface area contributed by atoms with Crippen LogP contribution in [0.1, 0.15) is 18.4 Å². The molecule has 1 fully saturated rings. The first kappa shape index (κ1) is 16.9. The molecule has 1 aromatic rings. The Hall–Kier alpha value is -1.17. The Morgan fingerprint density at radius 2 is 1.90 bits per heavy atom. The summed E-state index contributed by atoms with van der Waals surface area (Å²) in [4.78, 5) is 16.6. The van der Waals surface area contributed by atoms with E-state index >= 15 is 0 Å². The predicted octanol–water partition coefficient (Wildman–Crippen LogP) is 1.67. The Balaban J connectivity index is 0.000001000. The van der Waals surface area contributed by atoms with Crippen LogP contribution in [0.25, 0.3) is 0 Å². The van der Waals surface area contributed by atoms with Crippen molar-refractivity contribution < 1.29 is 9.18 Å². The number of amides is 1. The van der Waals surface area contributed by atoms with Crippen molar-refractivity contribution in [2.75, 3.05) is 13.1 Å². The van der Waals surface area contributed by atoms with Crippen LogP contribution in [0.4, 0.5) is 4.39 Å². The van der Waals surface area contributed by atoms with Gasteiger partial charge in [0.15, 0.2) is 0 Å². The summed E-state index contributed by atoms with van der Waals surface area (Å²) in [7, 11) is 0. The summed E-state index contributed by atoms with van der Waals surface area (Å²) in [6.45, 7) is 1.57. The molecule has 0 saturated carbocycles. The summed E-state index contributed by atoms with van der Waals surface area (Å²) in [5.41, 5.74) is -0.0221. The highest BCUT2D eigenvalue weighted by Gasteiger charge is 2.44. The van der Waals surface area contributed by atoms with Crippen LogP contribution in [-0.4, -0.2) is 30.4 Å². The highest BCUT2D eigenvalue weighted by molar-refractivity contribution is 6.15. The number of carbonyl (C=O) groups is 1. The van der Waals surface area contributed by atoms with E-state index in [-0.39, 0.29) is 36.5 Å². The SMILES string of the molecule is Cl.Cl.O=C1NC(c2cccc(F)c2)=NC12CCNCC2. The highest BCUT2D eigenvalue weighted by atomic mass is 35.5. The van der Waals surface area contributed by atoms with Crippen molar-refractivity contribution in [2.24, 2.45) is 4.99 Å². The number of hydrogen-bond donors (Lipinski definition) is 2. The van der Waals surface area contributed by atoms with Gasteiger partial charge in [-0.25, -0.2) is 4.39 Å². The zero-order valence-corrected chi connectivity index (χ0v) is 12.3. The molecule has 0 aliphatic carbocycles. The first-order valence-corrected chi connectivity index (χ1v) is 6.08. The summed E-state index contributed by atoms with van der Waals surface area (Å²) in [6.07, 6.45) is 1.38. The van der Waals surface area contributed by atoms with Gasteiger partial charge in [0, 0.05) is 5.56 Å². The molecule has 7 heteroatoms. The fourth-order valence-corrected chi connectivity index (χ4v) is 2.47. The van der Waals surface area contributed by atoms with Crippen molar-refractivity contribution in [3.63, 3.8) is 0 Å². The molecule has 2 aliphatic rings. The number of rotatable bonds is 1. The van der Waals surface area contributed by atoms with E-state index in [4.69, 9.17) is 0 Å². The molecule has 1 amide bonds. The number of carbonyl (C=O) groups excluding carboxylic acids is 1. The number of nitrogens with one attached hydrogen (secondary N) is 2. The van der Waals surface area contributed by atoms with E-state index in [1.807, 2.05) is 0 Å². The Labute approximate surface area is 129 Å². The topological polar surface area (TPSA) is 53.5 Å². The Bertz CT molecular complexity index is 530. The second kappa shape index (κ2) is 6.52. The smallest absolute Gasteiger partial charge is 0.253 e. The van der Waals surface area contributed by atoms with Gasteiger partial charge in [-0.1, -0.05) is 12.1 Å². The second-order valence-electron chi connectivity index (χ2n) is 4.71. The normalized spacial score (nSPS) is 19.6. The van der Waals surface area contributed by atoms with Gasteiger partial charge in [-0.15, -0.1) is 24.8 Å². The molecule has 0 atom stereocenters. The lowest BCUT2D eigenvalue weighted by Crippen LogP contribution is -2.47. The van der Waals surface area contributed by atoms with Crippen LogP contribution >= 0.6 is 24.8 Å². The third-order valence-electron chi connectivity index (χ3n) is 3.51. The Morgan fingerprint density at radius 1 is 1.20 bits per heavy atom. The van der Waals surface area contributed by atoms with Gasteiger partial charge in [0.2, 0.25) is 0 Å². The molecule has 0 aromatic heterocycles. The van der Waals surface area contributed by atoms with Crippen molar-refractivity contribution in [3.8, 4) is 0 Å². The van der Waals surface area contributed by atoms with Crippen molar-refractivity contribution >= 4 is 36.6 Å². The van der Waals surface area contributed by atoms with Crippen molar-refractivity contribution in [1.82, 2.24) is 10.6 Å². The lowest BCUT2D eigenvalue weighted by Gasteiger charge is -2.28. The van der Waals surface area contributed by atoms with Crippen LogP contribution in [0, 0.1) is 5.82 Å². The molecule has 0 unspecified atom stereocenters. The molecule has 1 aromatic carbocycles. The molecule has 110 valence electrons. The van der Waals surface area contributed by atoms with E-state index in [1.54, 1.807) is 12.1 Å². The lowest BCUT2D eigenvalue weighted by molar-refractivity contribution is -0.124. The molecular weight excluding hydrogens is 304 g/mol. The molecule has 2 N–H and O–H groups in total. The molecule has 20 heavy (non-hydrogen) atoms. The van der Waals surface area contributed by atoms with Crippen LogP contribution in [-0.2, 0) is 4.79 Å². The van der Waals surface area contributed by atoms with Crippen molar-refractivity contribution in [3.05, 3.63) is 35.6 Å². The number of hydrogen-bond acceptors (Lipinski definition) is 3. The van der Waals surface area contributed by atoms with Gasteiger partial charge in [0.05, 0.1) is 0 Å². The van der Waals surface area contributed by atoms with E-state index < -0.39 is 5.54 Å². The van der Waals surface area contributed by atoms with Crippen molar-refractivity contribution in [1.29, 1.82) is 0 Å². The number of piperidine rings is 1. The maximum atomic E-state index is 13.2. The molecule has 2 heterocycles. The first-order valence-electron chi connectivity index (χ1n) is 6.08.